The number of hydrogen-bond donors (Lipinski definition) is 0. The van der Waals surface area contributed by atoms with Crippen molar-refractivity contribution in [1.82, 2.24) is 4.98 Å². The van der Waals surface area contributed by atoms with Gasteiger partial charge in [0.05, 0.1) is 18.3 Å². The van der Waals surface area contributed by atoms with Crippen molar-refractivity contribution in [2.45, 2.75) is 20.3 Å². The summed E-state index contributed by atoms with van der Waals surface area (Å²) in [5.74, 6) is 0.967. The summed E-state index contributed by atoms with van der Waals surface area (Å²) in [5, 5.41) is 0.961. The summed E-state index contributed by atoms with van der Waals surface area (Å²) in [4.78, 5) is 16.6. The van der Waals surface area contributed by atoms with E-state index < -0.39 is 0 Å². The van der Waals surface area contributed by atoms with E-state index in [4.69, 9.17) is 4.74 Å². The zero-order valence-electron chi connectivity index (χ0n) is 11.3. The summed E-state index contributed by atoms with van der Waals surface area (Å²) >= 11 is 0. The Balaban J connectivity index is 2.38. The van der Waals surface area contributed by atoms with E-state index in [9.17, 15) is 4.79 Å². The van der Waals surface area contributed by atoms with Gasteiger partial charge in [-0.15, -0.1) is 0 Å². The number of benzene rings is 1. The third-order valence-corrected chi connectivity index (χ3v) is 3.75. The Kier molecular flexibility index (Phi) is 2.63. The maximum Gasteiger partial charge on any atom is 0.168 e. The van der Waals surface area contributed by atoms with Crippen LogP contribution in [0.1, 0.15) is 33.6 Å². The zero-order valence-corrected chi connectivity index (χ0v) is 11.3. The Labute approximate surface area is 111 Å². The fraction of sp³-hybridized carbons (Fsp3) is 0.250. The van der Waals surface area contributed by atoms with Gasteiger partial charge in [0.1, 0.15) is 5.75 Å². The van der Waals surface area contributed by atoms with Crippen molar-refractivity contribution in [3.05, 3.63) is 40.6 Å². The Hall–Kier alpha value is -2.16. The number of allylic oxidation sites excluding steroid dienone is 1. The third kappa shape index (κ3) is 1.73. The molecular weight excluding hydrogens is 238 g/mol. The lowest BCUT2D eigenvalue weighted by molar-refractivity contribution is 0.0994. The van der Waals surface area contributed by atoms with Crippen LogP contribution < -0.4 is 4.74 Å². The molecule has 0 saturated heterocycles. The zero-order chi connectivity index (χ0) is 13.6. The number of ketones is 1. The minimum absolute atomic E-state index is 0.129. The van der Waals surface area contributed by atoms with Gasteiger partial charge >= 0.3 is 0 Å². The second-order valence-electron chi connectivity index (χ2n) is 4.85. The van der Waals surface area contributed by atoms with E-state index in [0.29, 0.717) is 12.0 Å². The number of aromatic nitrogens is 1. The molecule has 19 heavy (non-hydrogen) atoms. The standard InChI is InChI=1S/C16H15NO2/c1-9-10(2)16-11(8-15(9)19-3)7-12-13(17-16)5-4-6-14(12)18/h4-5,7-8H,6H2,1-3H3. The molecule has 1 heterocycles. The van der Waals surface area contributed by atoms with Crippen LogP contribution >= 0.6 is 0 Å². The molecule has 0 fully saturated rings. The van der Waals surface area contributed by atoms with Gasteiger partial charge < -0.3 is 4.74 Å². The molecule has 1 aliphatic carbocycles. The van der Waals surface area contributed by atoms with Crippen LogP contribution in [0.25, 0.3) is 17.0 Å². The van der Waals surface area contributed by atoms with Crippen LogP contribution in [-0.2, 0) is 0 Å². The normalized spacial score (nSPS) is 13.7. The average Bonchev–Trinajstić information content (AvgIpc) is 2.42. The first-order valence-electron chi connectivity index (χ1n) is 6.30. The van der Waals surface area contributed by atoms with Crippen LogP contribution in [0.3, 0.4) is 0 Å². The molecule has 0 atom stereocenters. The minimum atomic E-state index is 0.129. The number of aryl methyl sites for hydroxylation is 1. The summed E-state index contributed by atoms with van der Waals surface area (Å²) in [6, 6.07) is 3.88. The molecule has 0 aliphatic heterocycles. The van der Waals surface area contributed by atoms with E-state index in [-0.39, 0.29) is 5.78 Å². The van der Waals surface area contributed by atoms with Crippen LogP contribution in [0.15, 0.2) is 18.2 Å². The molecule has 0 amide bonds. The molecule has 3 heteroatoms. The number of carbonyl (C=O) groups excluding carboxylic acids is 1. The van der Waals surface area contributed by atoms with Gasteiger partial charge in [-0.05, 0) is 43.2 Å². The van der Waals surface area contributed by atoms with Gasteiger partial charge in [0.15, 0.2) is 5.78 Å². The van der Waals surface area contributed by atoms with E-state index in [1.165, 1.54) is 0 Å². The fourth-order valence-corrected chi connectivity index (χ4v) is 2.52. The van der Waals surface area contributed by atoms with Crippen LogP contribution in [0.4, 0.5) is 0 Å². The smallest absolute Gasteiger partial charge is 0.168 e. The average molecular weight is 253 g/mol. The summed E-state index contributed by atoms with van der Waals surface area (Å²) in [6.07, 6.45) is 4.26. The van der Waals surface area contributed by atoms with Crippen molar-refractivity contribution >= 4 is 22.8 Å². The van der Waals surface area contributed by atoms with Crippen molar-refractivity contribution in [3.63, 3.8) is 0 Å². The molecule has 0 N–H and O–H groups in total. The molecular formula is C16H15NO2. The van der Waals surface area contributed by atoms with Gasteiger partial charge in [0.25, 0.3) is 0 Å². The van der Waals surface area contributed by atoms with Gasteiger partial charge in [-0.25, -0.2) is 4.98 Å². The highest BCUT2D eigenvalue weighted by Gasteiger charge is 2.17. The maximum absolute atomic E-state index is 11.9. The first kappa shape index (κ1) is 11.9. The topological polar surface area (TPSA) is 39.2 Å². The molecule has 0 bridgehead atoms. The number of nitrogens with zero attached hydrogens (tertiary/aromatic N) is 1. The highest BCUT2D eigenvalue weighted by Crippen LogP contribution is 2.31. The predicted octanol–water partition coefficient (Wildman–Crippen LogP) is 3.46. The summed E-state index contributed by atoms with van der Waals surface area (Å²) < 4.78 is 5.38. The number of pyridine rings is 1. The van der Waals surface area contributed by atoms with Crippen LogP contribution in [0, 0.1) is 13.8 Å². The number of fused-ring (bicyclic) bond motifs is 2. The molecule has 1 aromatic carbocycles. The molecule has 1 aliphatic rings. The quantitative estimate of drug-likeness (QED) is 0.781. The molecule has 0 saturated carbocycles. The first-order valence-corrected chi connectivity index (χ1v) is 6.30. The number of ether oxygens (including phenoxy) is 1. The third-order valence-electron chi connectivity index (χ3n) is 3.75. The maximum atomic E-state index is 11.9. The number of Topliss-reactive ketones (excluding diaryl/α,β-unsaturated/α-hetero) is 1. The predicted molar refractivity (Wildman–Crippen MR) is 75.8 cm³/mol. The number of methoxy groups -OCH3 is 1. The summed E-state index contributed by atoms with van der Waals surface area (Å²) in [6.45, 7) is 4.06. The van der Waals surface area contributed by atoms with Gasteiger partial charge in [0, 0.05) is 17.4 Å². The van der Waals surface area contributed by atoms with Crippen molar-refractivity contribution in [1.29, 1.82) is 0 Å². The minimum Gasteiger partial charge on any atom is -0.496 e. The number of carbonyl (C=O) groups is 1. The molecule has 0 unspecified atom stereocenters. The van der Waals surface area contributed by atoms with E-state index in [2.05, 4.69) is 4.98 Å². The lowest BCUT2D eigenvalue weighted by Crippen LogP contribution is -2.07. The second-order valence-corrected chi connectivity index (χ2v) is 4.85. The van der Waals surface area contributed by atoms with Gasteiger partial charge in [-0.1, -0.05) is 6.08 Å². The van der Waals surface area contributed by atoms with Crippen molar-refractivity contribution < 1.29 is 9.53 Å². The van der Waals surface area contributed by atoms with Gasteiger partial charge in [-0.2, -0.15) is 0 Å². The van der Waals surface area contributed by atoms with Crippen molar-refractivity contribution in [2.24, 2.45) is 0 Å². The molecule has 3 rings (SSSR count). The highest BCUT2D eigenvalue weighted by atomic mass is 16.5. The molecule has 1 aromatic heterocycles. The first-order chi connectivity index (χ1) is 9.11. The Bertz CT molecular complexity index is 729. The largest absolute Gasteiger partial charge is 0.496 e. The van der Waals surface area contributed by atoms with Crippen molar-refractivity contribution in [2.75, 3.05) is 7.11 Å². The molecule has 3 nitrogen and oxygen atoms in total. The van der Waals surface area contributed by atoms with Crippen LogP contribution in [0.5, 0.6) is 5.75 Å². The van der Waals surface area contributed by atoms with Gasteiger partial charge in [-0.3, -0.25) is 4.79 Å². The highest BCUT2D eigenvalue weighted by molar-refractivity contribution is 6.05. The van der Waals surface area contributed by atoms with E-state index in [1.54, 1.807) is 7.11 Å². The monoisotopic (exact) mass is 253 g/mol. The van der Waals surface area contributed by atoms with Gasteiger partial charge in [0.2, 0.25) is 0 Å². The Morgan fingerprint density at radius 1 is 1.21 bits per heavy atom. The molecule has 2 aromatic rings. The van der Waals surface area contributed by atoms with Crippen LogP contribution in [-0.4, -0.2) is 17.9 Å². The SMILES string of the molecule is COc1cc2cc3c(nc2c(C)c1C)C=CCC3=O. The number of hydrogen-bond acceptors (Lipinski definition) is 3. The molecule has 0 radical (unpaired) electrons. The fourth-order valence-electron chi connectivity index (χ4n) is 2.52. The van der Waals surface area contributed by atoms with E-state index in [0.717, 1.165) is 33.5 Å². The molecule has 96 valence electrons. The molecule has 0 spiro atoms. The van der Waals surface area contributed by atoms with Crippen molar-refractivity contribution in [3.8, 4) is 5.75 Å². The summed E-state index contributed by atoms with van der Waals surface area (Å²) in [5.41, 5.74) is 4.62. The van der Waals surface area contributed by atoms with Crippen LogP contribution in [0.2, 0.25) is 0 Å². The van der Waals surface area contributed by atoms with E-state index >= 15 is 0 Å². The summed E-state index contributed by atoms with van der Waals surface area (Å²) in [7, 11) is 1.66. The Morgan fingerprint density at radius 2 is 2.00 bits per heavy atom. The van der Waals surface area contributed by atoms with E-state index in [1.807, 2.05) is 38.1 Å². The second kappa shape index (κ2) is 4.19. The lowest BCUT2D eigenvalue weighted by Gasteiger charge is -2.14. The number of rotatable bonds is 1. The Morgan fingerprint density at radius 3 is 2.74 bits per heavy atom. The lowest BCUT2D eigenvalue weighted by atomic mass is 9.96.